The monoisotopic (exact) mass is 635 g/mol. The maximum absolute atomic E-state index is 5.74. The van der Waals surface area contributed by atoms with E-state index >= 15 is 0 Å². The minimum Gasteiger partial charge on any atom is -0.354 e. The molecule has 0 amide bonds. The van der Waals surface area contributed by atoms with Gasteiger partial charge in [0.1, 0.15) is 0 Å². The van der Waals surface area contributed by atoms with E-state index in [1.54, 1.807) is 11.3 Å². The fraction of sp³-hybridized carbons (Fsp3) is 0.476. The molecular weight excluding hydrogens is 579 g/mol. The van der Waals surface area contributed by atoms with E-state index < -0.39 is 0 Å². The number of thiophene rings is 1. The predicted octanol–water partition coefficient (Wildman–Crippen LogP) is 10.6. The first-order valence-corrected chi connectivity index (χ1v) is 19.0. The minimum atomic E-state index is 0.668. The summed E-state index contributed by atoms with van der Waals surface area (Å²) in [5, 5.41) is 5.49. The molecule has 4 aromatic rings. The van der Waals surface area contributed by atoms with Gasteiger partial charge >= 0.3 is 0 Å². The van der Waals surface area contributed by atoms with Crippen LogP contribution in [-0.4, -0.2) is 18.1 Å². The number of aromatic nitrogens is 1. The van der Waals surface area contributed by atoms with Gasteiger partial charge in [-0.3, -0.25) is 0 Å². The molecule has 6 atom stereocenters. The average Bonchev–Trinajstić information content (AvgIpc) is 3.79. The first kappa shape index (κ1) is 34.4. The summed E-state index contributed by atoms with van der Waals surface area (Å²) < 4.78 is 0. The Morgan fingerprint density at radius 2 is 1.30 bits per heavy atom. The van der Waals surface area contributed by atoms with E-state index in [4.69, 9.17) is 11.5 Å². The summed E-state index contributed by atoms with van der Waals surface area (Å²) in [7, 11) is 0. The Labute approximate surface area is 282 Å². The summed E-state index contributed by atoms with van der Waals surface area (Å²) >= 11 is 1.72. The van der Waals surface area contributed by atoms with Crippen LogP contribution >= 0.6 is 11.3 Å². The smallest absolute Gasteiger partial charge is 0.0497 e. The zero-order valence-corrected chi connectivity index (χ0v) is 29.1. The van der Waals surface area contributed by atoms with Crippen molar-refractivity contribution < 1.29 is 0 Å². The molecule has 2 heterocycles. The summed E-state index contributed by atoms with van der Waals surface area (Å²) in [6.45, 7) is 6.09. The van der Waals surface area contributed by atoms with Crippen molar-refractivity contribution in [3.05, 3.63) is 107 Å². The lowest BCUT2D eigenvalue weighted by Gasteiger charge is -2.37. The predicted molar refractivity (Wildman–Crippen MR) is 201 cm³/mol. The number of hydrogen-bond donors (Lipinski definition) is 3. The molecule has 6 aliphatic rings. The van der Waals surface area contributed by atoms with E-state index in [0.29, 0.717) is 6.54 Å². The summed E-state index contributed by atoms with van der Waals surface area (Å²) in [4.78, 5) is 3.51. The van der Waals surface area contributed by atoms with Gasteiger partial charge in [0, 0.05) is 16.6 Å². The van der Waals surface area contributed by atoms with Crippen LogP contribution in [0, 0.1) is 35.5 Å². The normalized spacial score (nSPS) is 25.2. The molecule has 2 aromatic carbocycles. The molecule has 4 heteroatoms. The SMILES string of the molecule is CCC1CC2C=CC1CC2.CCC1CC2C=CC1CC2.NCCc1c(-c2ccccc2)[nH]c2ccccc12.NCCc1ccsc1. The van der Waals surface area contributed by atoms with Crippen LogP contribution in [0.1, 0.15) is 76.3 Å². The van der Waals surface area contributed by atoms with Crippen LogP contribution in [-0.2, 0) is 12.8 Å². The van der Waals surface area contributed by atoms with E-state index in [1.165, 1.54) is 84.7 Å². The van der Waals surface area contributed by atoms with Crippen LogP contribution in [0.25, 0.3) is 22.2 Å². The molecule has 5 N–H and O–H groups in total. The second-order valence-corrected chi connectivity index (χ2v) is 14.5. The van der Waals surface area contributed by atoms with E-state index in [1.807, 2.05) is 6.07 Å². The lowest BCUT2D eigenvalue weighted by atomic mass is 9.68. The van der Waals surface area contributed by atoms with Crippen molar-refractivity contribution in [3.8, 4) is 11.3 Å². The van der Waals surface area contributed by atoms with Crippen LogP contribution in [0.3, 0.4) is 0 Å². The van der Waals surface area contributed by atoms with Crippen molar-refractivity contribution in [3.63, 3.8) is 0 Å². The highest BCUT2D eigenvalue weighted by Gasteiger charge is 2.31. The van der Waals surface area contributed by atoms with Crippen molar-refractivity contribution in [2.45, 2.75) is 78.1 Å². The molecule has 10 rings (SSSR count). The minimum absolute atomic E-state index is 0.668. The maximum atomic E-state index is 5.74. The average molecular weight is 636 g/mol. The Balaban J connectivity index is 0.000000128. The number of aromatic amines is 1. The molecule has 0 spiro atoms. The number of fused-ring (bicyclic) bond motifs is 5. The van der Waals surface area contributed by atoms with Crippen LogP contribution in [0.15, 0.2) is 95.7 Å². The number of benzene rings is 2. The van der Waals surface area contributed by atoms with Gasteiger partial charge in [0.05, 0.1) is 0 Å². The summed E-state index contributed by atoms with van der Waals surface area (Å²) in [5.74, 6) is 5.88. The molecule has 2 fully saturated rings. The second-order valence-electron chi connectivity index (χ2n) is 13.7. The molecule has 2 aromatic heterocycles. The molecule has 0 radical (unpaired) electrons. The van der Waals surface area contributed by atoms with E-state index in [2.05, 4.69) is 108 Å². The number of para-hydroxylation sites is 1. The van der Waals surface area contributed by atoms with Crippen molar-refractivity contribution in [2.24, 2.45) is 47.0 Å². The Bertz CT molecular complexity index is 1450. The van der Waals surface area contributed by atoms with Crippen LogP contribution in [0.2, 0.25) is 0 Å². The molecule has 46 heavy (non-hydrogen) atoms. The van der Waals surface area contributed by atoms with Gasteiger partial charge < -0.3 is 16.5 Å². The van der Waals surface area contributed by atoms with Gasteiger partial charge in [0.2, 0.25) is 0 Å². The number of rotatable bonds is 7. The zero-order valence-electron chi connectivity index (χ0n) is 28.2. The Morgan fingerprint density at radius 3 is 1.76 bits per heavy atom. The second kappa shape index (κ2) is 17.8. The number of nitrogens with two attached hydrogens (primary N) is 2. The molecule has 0 aliphatic heterocycles. The molecule has 2 saturated carbocycles. The summed E-state index contributed by atoms with van der Waals surface area (Å²) in [6.07, 6.45) is 23.4. The number of H-pyrrole nitrogens is 1. The molecule has 0 saturated heterocycles. The van der Waals surface area contributed by atoms with E-state index in [0.717, 1.165) is 54.9 Å². The number of allylic oxidation sites excluding steroid dienone is 4. The number of nitrogens with one attached hydrogen (secondary N) is 1. The first-order chi connectivity index (χ1) is 22.6. The van der Waals surface area contributed by atoms with E-state index in [9.17, 15) is 0 Å². The highest BCUT2D eigenvalue weighted by Crippen LogP contribution is 2.42. The Hall–Kier alpha value is -2.92. The topological polar surface area (TPSA) is 67.8 Å². The summed E-state index contributed by atoms with van der Waals surface area (Å²) in [6, 6.07) is 20.9. The molecule has 6 aliphatic carbocycles. The highest BCUT2D eigenvalue weighted by molar-refractivity contribution is 7.07. The van der Waals surface area contributed by atoms with Gasteiger partial charge in [-0.25, -0.2) is 0 Å². The van der Waals surface area contributed by atoms with Crippen LogP contribution < -0.4 is 11.5 Å². The quantitative estimate of drug-likeness (QED) is 0.177. The van der Waals surface area contributed by atoms with Crippen LogP contribution in [0.5, 0.6) is 0 Å². The lowest BCUT2D eigenvalue weighted by molar-refractivity contribution is 0.215. The van der Waals surface area contributed by atoms with E-state index in [-0.39, 0.29) is 0 Å². The maximum Gasteiger partial charge on any atom is 0.0497 e. The molecule has 246 valence electrons. The molecule has 3 nitrogen and oxygen atoms in total. The van der Waals surface area contributed by atoms with Gasteiger partial charge in [-0.05, 0) is 140 Å². The number of hydrogen-bond acceptors (Lipinski definition) is 3. The van der Waals surface area contributed by atoms with Gasteiger partial charge in [0.15, 0.2) is 0 Å². The first-order valence-electron chi connectivity index (χ1n) is 18.1. The Kier molecular flexibility index (Phi) is 13.4. The van der Waals surface area contributed by atoms with Crippen molar-refractivity contribution in [2.75, 3.05) is 13.1 Å². The van der Waals surface area contributed by atoms with Crippen molar-refractivity contribution in [1.82, 2.24) is 4.98 Å². The Morgan fingerprint density at radius 1 is 0.696 bits per heavy atom. The standard InChI is InChI=1S/C16H16N2.2C10H16.C6H9NS/c17-11-10-14-13-8-4-5-9-15(13)18-16(14)12-6-2-1-3-7-12;2*1-2-9-7-8-3-5-10(9)6-4-8;7-3-1-6-2-4-8-5-6/h1-9,18H,10-11,17H2;2*3,5,8-10H,2,4,6-7H2,1H3;2,4-5H,1,3,7H2. The zero-order chi connectivity index (χ0) is 32.1. The highest BCUT2D eigenvalue weighted by atomic mass is 32.1. The summed E-state index contributed by atoms with van der Waals surface area (Å²) in [5.41, 5.74) is 17.3. The van der Waals surface area contributed by atoms with Gasteiger partial charge in [0.25, 0.3) is 0 Å². The van der Waals surface area contributed by atoms with Crippen molar-refractivity contribution in [1.29, 1.82) is 0 Å². The molecule has 6 unspecified atom stereocenters. The molecular formula is C42H57N3S. The van der Waals surface area contributed by atoms with Gasteiger partial charge in [-0.2, -0.15) is 11.3 Å². The fourth-order valence-corrected chi connectivity index (χ4v) is 8.80. The largest absolute Gasteiger partial charge is 0.354 e. The lowest BCUT2D eigenvalue weighted by Crippen LogP contribution is -2.26. The fourth-order valence-electron chi connectivity index (χ4n) is 8.10. The third-order valence-corrected chi connectivity index (χ3v) is 11.5. The van der Waals surface area contributed by atoms with Gasteiger partial charge in [-0.15, -0.1) is 0 Å². The van der Waals surface area contributed by atoms with Gasteiger partial charge in [-0.1, -0.05) is 99.5 Å². The van der Waals surface area contributed by atoms with Crippen molar-refractivity contribution >= 4 is 22.2 Å². The van der Waals surface area contributed by atoms with Crippen LogP contribution in [0.4, 0.5) is 0 Å². The third kappa shape index (κ3) is 9.12. The third-order valence-electron chi connectivity index (χ3n) is 10.8. The molecule has 4 bridgehead atoms.